The molecule has 2 amide bonds. The summed E-state index contributed by atoms with van der Waals surface area (Å²) in [7, 11) is 5.16. The first kappa shape index (κ1) is 31.3. The third-order valence-corrected chi connectivity index (χ3v) is 8.66. The highest BCUT2D eigenvalue weighted by Gasteiger charge is 2.44. The van der Waals surface area contributed by atoms with E-state index in [0.29, 0.717) is 42.9 Å². The zero-order chi connectivity index (χ0) is 31.9. The monoisotopic (exact) mass is 620 g/mol. The van der Waals surface area contributed by atoms with Gasteiger partial charge in [-0.25, -0.2) is 14.9 Å². The van der Waals surface area contributed by atoms with Crippen LogP contribution in [0, 0.1) is 0 Å². The van der Waals surface area contributed by atoms with Crippen LogP contribution in [0.2, 0.25) is 0 Å². The van der Waals surface area contributed by atoms with E-state index in [0.717, 1.165) is 36.7 Å². The number of nitrogens with zero attached hydrogens (tertiary/aromatic N) is 7. The maximum atomic E-state index is 13.5. The first-order valence-electron chi connectivity index (χ1n) is 15.7. The standard InChI is InChI=1S/C32H44N8O5/c1-32(2,3)45-31(43-6)39-23-14-27(41)38(17-24(39)19-44-18-23)22-11-12-26(33-16-22)35-30-34-15-20-13-25(29(42)37(4)5)40(28(20)36-30)21-9-7-8-10-21/h11-13,15-16,21,23-24,31H,7-10,14,17-19H2,1-6H3,(H,33,34,35,36). The number of methoxy groups -OCH3 is 1. The molecule has 242 valence electrons. The largest absolute Gasteiger partial charge is 0.378 e. The number of anilines is 3. The summed E-state index contributed by atoms with van der Waals surface area (Å²) in [6.45, 7) is 7.28. The Kier molecular flexibility index (Phi) is 8.79. The second kappa shape index (κ2) is 12.6. The van der Waals surface area contributed by atoms with E-state index in [4.69, 9.17) is 19.2 Å². The molecule has 3 aliphatic rings. The molecule has 2 saturated heterocycles. The van der Waals surface area contributed by atoms with E-state index in [9.17, 15) is 9.59 Å². The van der Waals surface area contributed by atoms with Crippen molar-refractivity contribution in [2.45, 2.75) is 83.0 Å². The molecule has 0 radical (unpaired) electrons. The van der Waals surface area contributed by atoms with Gasteiger partial charge in [0.15, 0.2) is 0 Å². The number of rotatable bonds is 8. The van der Waals surface area contributed by atoms with Crippen LogP contribution in [-0.2, 0) is 19.0 Å². The molecule has 13 heteroatoms. The number of hydrogen-bond acceptors (Lipinski definition) is 10. The highest BCUT2D eigenvalue weighted by atomic mass is 16.7. The number of nitrogens with one attached hydrogen (secondary N) is 1. The Balaban J connectivity index is 1.22. The highest BCUT2D eigenvalue weighted by molar-refractivity contribution is 5.98. The first-order chi connectivity index (χ1) is 21.5. The Morgan fingerprint density at radius 1 is 1.09 bits per heavy atom. The summed E-state index contributed by atoms with van der Waals surface area (Å²) in [6.07, 6.45) is 7.42. The van der Waals surface area contributed by atoms with Crippen LogP contribution in [0.5, 0.6) is 0 Å². The van der Waals surface area contributed by atoms with Gasteiger partial charge in [0.25, 0.3) is 5.91 Å². The Morgan fingerprint density at radius 2 is 1.84 bits per heavy atom. The molecule has 3 unspecified atom stereocenters. The highest BCUT2D eigenvalue weighted by Crippen LogP contribution is 2.35. The van der Waals surface area contributed by atoms with Crippen LogP contribution >= 0.6 is 0 Å². The molecule has 2 bridgehead atoms. The number of pyridine rings is 1. The van der Waals surface area contributed by atoms with Crippen molar-refractivity contribution in [2.75, 3.05) is 51.2 Å². The van der Waals surface area contributed by atoms with E-state index in [1.165, 1.54) is 0 Å². The van der Waals surface area contributed by atoms with Gasteiger partial charge in [0.1, 0.15) is 17.2 Å². The smallest absolute Gasteiger partial charge is 0.270 e. The minimum atomic E-state index is -0.592. The molecule has 13 nitrogen and oxygen atoms in total. The summed E-state index contributed by atoms with van der Waals surface area (Å²) in [5.41, 5.74) is 1.65. The van der Waals surface area contributed by atoms with Gasteiger partial charge in [-0.2, -0.15) is 4.98 Å². The SMILES string of the molecule is COC(OC(C)(C)C)N1C2COCC1CN(c1ccc(Nc3ncc4cc(C(=O)N(C)C)n(C5CCCC5)c4n3)nc1)C(=O)C2. The molecule has 5 heterocycles. The van der Waals surface area contributed by atoms with Crippen molar-refractivity contribution in [1.29, 1.82) is 0 Å². The van der Waals surface area contributed by atoms with Gasteiger partial charge in [-0.05, 0) is 51.8 Å². The van der Waals surface area contributed by atoms with Crippen LogP contribution in [0.15, 0.2) is 30.6 Å². The third kappa shape index (κ3) is 6.53. The predicted octanol–water partition coefficient (Wildman–Crippen LogP) is 3.94. The molecular weight excluding hydrogens is 576 g/mol. The number of ether oxygens (including phenoxy) is 3. The molecule has 3 aromatic heterocycles. The molecular formula is C32H44N8O5. The van der Waals surface area contributed by atoms with E-state index < -0.39 is 12.0 Å². The number of aromatic nitrogens is 4. The Bertz CT molecular complexity index is 1530. The Labute approximate surface area is 263 Å². The summed E-state index contributed by atoms with van der Waals surface area (Å²) in [5, 5.41) is 4.04. The lowest BCUT2D eigenvalue weighted by molar-refractivity contribution is -0.284. The summed E-state index contributed by atoms with van der Waals surface area (Å²) >= 11 is 0. The van der Waals surface area contributed by atoms with Crippen molar-refractivity contribution in [1.82, 2.24) is 29.3 Å². The summed E-state index contributed by atoms with van der Waals surface area (Å²) in [5.74, 6) is 0.884. The van der Waals surface area contributed by atoms with Crippen LogP contribution in [0.4, 0.5) is 17.5 Å². The molecule has 6 rings (SSSR count). The zero-order valence-corrected chi connectivity index (χ0v) is 27.0. The van der Waals surface area contributed by atoms with E-state index in [2.05, 4.69) is 24.8 Å². The van der Waals surface area contributed by atoms with E-state index >= 15 is 0 Å². The van der Waals surface area contributed by atoms with Crippen LogP contribution < -0.4 is 10.2 Å². The molecule has 3 aromatic rings. The van der Waals surface area contributed by atoms with Crippen LogP contribution in [0.3, 0.4) is 0 Å². The second-order valence-electron chi connectivity index (χ2n) is 13.3. The number of morpholine rings is 1. The number of hydrogen-bond donors (Lipinski definition) is 1. The lowest BCUT2D eigenvalue weighted by atomic mass is 10.1. The molecule has 1 aliphatic carbocycles. The van der Waals surface area contributed by atoms with Gasteiger partial charge in [-0.1, -0.05) is 12.8 Å². The van der Waals surface area contributed by atoms with Gasteiger partial charge in [0, 0.05) is 57.8 Å². The first-order valence-corrected chi connectivity index (χ1v) is 15.7. The van der Waals surface area contributed by atoms with Crippen LogP contribution in [0.25, 0.3) is 11.0 Å². The maximum Gasteiger partial charge on any atom is 0.270 e. The van der Waals surface area contributed by atoms with E-state index in [1.54, 1.807) is 43.4 Å². The maximum absolute atomic E-state index is 13.5. The molecule has 45 heavy (non-hydrogen) atoms. The van der Waals surface area contributed by atoms with Crippen molar-refractivity contribution in [3.63, 3.8) is 0 Å². The third-order valence-electron chi connectivity index (χ3n) is 8.66. The molecule has 3 fully saturated rings. The minimum Gasteiger partial charge on any atom is -0.378 e. The Hall–Kier alpha value is -3.65. The fraction of sp³-hybridized carbons (Fsp3) is 0.594. The fourth-order valence-corrected chi connectivity index (χ4v) is 6.60. The van der Waals surface area contributed by atoms with Crippen molar-refractivity contribution in [3.05, 3.63) is 36.3 Å². The van der Waals surface area contributed by atoms with Gasteiger partial charge >= 0.3 is 0 Å². The molecule has 3 atom stereocenters. The Morgan fingerprint density at radius 3 is 2.51 bits per heavy atom. The number of carbonyl (C=O) groups excluding carboxylic acids is 2. The molecule has 1 N–H and O–H groups in total. The fourth-order valence-electron chi connectivity index (χ4n) is 6.60. The molecule has 0 aromatic carbocycles. The lowest BCUT2D eigenvalue weighted by Gasteiger charge is -2.45. The van der Waals surface area contributed by atoms with Crippen molar-refractivity contribution < 1.29 is 23.8 Å². The van der Waals surface area contributed by atoms with Gasteiger partial charge < -0.3 is 33.9 Å². The summed E-state index contributed by atoms with van der Waals surface area (Å²) in [6, 6.07) is 5.54. The van der Waals surface area contributed by atoms with Crippen LogP contribution in [-0.4, -0.2) is 106 Å². The zero-order valence-electron chi connectivity index (χ0n) is 27.0. The summed E-state index contributed by atoms with van der Waals surface area (Å²) < 4.78 is 20.0. The number of amides is 2. The van der Waals surface area contributed by atoms with Crippen molar-refractivity contribution >= 4 is 40.3 Å². The van der Waals surface area contributed by atoms with Gasteiger partial charge in [-0.15, -0.1) is 0 Å². The minimum absolute atomic E-state index is 0.00402. The van der Waals surface area contributed by atoms with Crippen LogP contribution in [0.1, 0.15) is 69.4 Å². The number of fused-ring (bicyclic) bond motifs is 3. The predicted molar refractivity (Wildman–Crippen MR) is 169 cm³/mol. The average molecular weight is 621 g/mol. The second-order valence-corrected chi connectivity index (χ2v) is 13.3. The quantitative estimate of drug-likeness (QED) is 0.370. The summed E-state index contributed by atoms with van der Waals surface area (Å²) in [4.78, 5) is 46.0. The van der Waals surface area contributed by atoms with Gasteiger partial charge in [0.05, 0.1) is 36.7 Å². The van der Waals surface area contributed by atoms with Gasteiger partial charge in [-0.3, -0.25) is 9.59 Å². The van der Waals surface area contributed by atoms with Crippen molar-refractivity contribution in [2.24, 2.45) is 0 Å². The van der Waals surface area contributed by atoms with E-state index in [-0.39, 0.29) is 36.4 Å². The van der Waals surface area contributed by atoms with Gasteiger partial charge in [0.2, 0.25) is 18.3 Å². The van der Waals surface area contributed by atoms with E-state index in [1.807, 2.05) is 39.0 Å². The molecule has 1 saturated carbocycles. The average Bonchev–Trinajstić information content (AvgIpc) is 3.64. The lowest BCUT2D eigenvalue weighted by Crippen LogP contribution is -2.59. The molecule has 2 aliphatic heterocycles. The number of carbonyl (C=O) groups is 2. The molecule has 0 spiro atoms. The van der Waals surface area contributed by atoms with Crippen molar-refractivity contribution in [3.8, 4) is 0 Å². The topological polar surface area (TPSA) is 127 Å². The normalized spacial score (nSPS) is 22.1.